The zero-order chi connectivity index (χ0) is 16.0. The Morgan fingerprint density at radius 1 is 1.43 bits per heavy atom. The summed E-state index contributed by atoms with van der Waals surface area (Å²) in [5.74, 6) is -2.94. The molecule has 0 spiro atoms. The van der Waals surface area contributed by atoms with E-state index in [1.54, 1.807) is 13.8 Å². The zero-order valence-electron chi connectivity index (χ0n) is 12.3. The molecule has 0 heterocycles. The zero-order valence-corrected chi connectivity index (χ0v) is 12.3. The second-order valence-corrected chi connectivity index (χ2v) is 4.69. The molecule has 2 atom stereocenters. The Morgan fingerprint density at radius 3 is 2.57 bits per heavy atom. The van der Waals surface area contributed by atoms with E-state index in [1.165, 1.54) is 25.3 Å². The smallest absolute Gasteiger partial charge is 0.328 e. The molecule has 5 nitrogen and oxygen atoms in total. The maximum atomic E-state index is 13.5. The number of rotatable bonds is 7. The molecule has 0 aliphatic rings. The number of benzene rings is 1. The van der Waals surface area contributed by atoms with Crippen molar-refractivity contribution >= 4 is 11.9 Å². The lowest BCUT2D eigenvalue weighted by Crippen LogP contribution is -2.47. The minimum absolute atomic E-state index is 0.0323. The Bertz CT molecular complexity index is 517. The van der Waals surface area contributed by atoms with Crippen LogP contribution in [0.25, 0.3) is 0 Å². The number of hydrogen-bond donors (Lipinski definition) is 1. The summed E-state index contributed by atoms with van der Waals surface area (Å²) in [5.41, 5.74) is -1.95. The molecule has 0 bridgehead atoms. The summed E-state index contributed by atoms with van der Waals surface area (Å²) in [6.45, 7) is 3.25. The fourth-order valence-corrected chi connectivity index (χ4v) is 2.14. The normalized spacial score (nSPS) is 15.0. The quantitative estimate of drug-likeness (QED) is 0.616. The number of carbonyl (C=O) groups is 2. The molecule has 1 aromatic rings. The average molecular weight is 298 g/mol. The topological polar surface area (TPSA) is 72.8 Å². The van der Waals surface area contributed by atoms with Gasteiger partial charge in [0.1, 0.15) is 5.82 Å². The highest BCUT2D eigenvalue weighted by Gasteiger charge is 2.50. The summed E-state index contributed by atoms with van der Waals surface area (Å²) in [6.07, 6.45) is -0.671. The second-order valence-electron chi connectivity index (χ2n) is 4.69. The van der Waals surface area contributed by atoms with E-state index in [-0.39, 0.29) is 18.6 Å². The van der Waals surface area contributed by atoms with Crippen molar-refractivity contribution in [1.82, 2.24) is 0 Å². The van der Waals surface area contributed by atoms with Gasteiger partial charge in [-0.25, -0.2) is 4.39 Å². The predicted octanol–water partition coefficient (Wildman–Crippen LogP) is 2.14. The minimum atomic E-state index is -1.99. The minimum Gasteiger partial charge on any atom is -0.480 e. The molecule has 0 aromatic heterocycles. The van der Waals surface area contributed by atoms with E-state index in [1.807, 2.05) is 0 Å². The van der Waals surface area contributed by atoms with E-state index in [4.69, 9.17) is 9.47 Å². The second kappa shape index (κ2) is 7.17. The molecular formula is C15H19FO5. The largest absolute Gasteiger partial charge is 0.480 e. The van der Waals surface area contributed by atoms with Crippen LogP contribution in [-0.2, 0) is 24.5 Å². The van der Waals surface area contributed by atoms with Crippen molar-refractivity contribution in [2.45, 2.75) is 31.8 Å². The first kappa shape index (κ1) is 17.1. The van der Waals surface area contributed by atoms with E-state index in [2.05, 4.69) is 0 Å². The van der Waals surface area contributed by atoms with Crippen molar-refractivity contribution in [3.63, 3.8) is 0 Å². The monoisotopic (exact) mass is 298 g/mol. The van der Waals surface area contributed by atoms with Gasteiger partial charge in [-0.2, -0.15) is 0 Å². The Morgan fingerprint density at radius 2 is 2.10 bits per heavy atom. The fraction of sp³-hybridized carbons (Fsp3) is 0.467. The van der Waals surface area contributed by atoms with Crippen LogP contribution in [0.2, 0.25) is 0 Å². The van der Waals surface area contributed by atoms with Crippen LogP contribution >= 0.6 is 0 Å². The van der Waals surface area contributed by atoms with E-state index >= 15 is 0 Å². The van der Waals surface area contributed by atoms with Gasteiger partial charge in [0.2, 0.25) is 0 Å². The maximum Gasteiger partial charge on any atom is 0.328 e. The van der Waals surface area contributed by atoms with E-state index in [0.717, 1.165) is 6.07 Å². The van der Waals surface area contributed by atoms with E-state index < -0.39 is 29.3 Å². The Balaban J connectivity index is 3.43. The molecular weight excluding hydrogens is 279 g/mol. The van der Waals surface area contributed by atoms with Gasteiger partial charge in [0.05, 0.1) is 12.7 Å². The molecule has 2 unspecified atom stereocenters. The molecule has 0 fully saturated rings. The van der Waals surface area contributed by atoms with Crippen LogP contribution in [0.15, 0.2) is 24.3 Å². The van der Waals surface area contributed by atoms with Gasteiger partial charge < -0.3 is 14.6 Å². The fourth-order valence-electron chi connectivity index (χ4n) is 2.14. The van der Waals surface area contributed by atoms with Gasteiger partial charge in [0, 0.05) is 13.5 Å². The first-order valence-corrected chi connectivity index (χ1v) is 6.58. The SMILES string of the molecule is CCOC(=O)C(CC(C)OC)(C(=O)O)c1cccc(F)c1. The molecule has 0 aliphatic heterocycles. The Kier molecular flexibility index (Phi) is 5.84. The van der Waals surface area contributed by atoms with Crippen LogP contribution in [0.3, 0.4) is 0 Å². The van der Waals surface area contributed by atoms with Crippen molar-refractivity contribution in [2.24, 2.45) is 0 Å². The molecule has 6 heteroatoms. The molecule has 0 saturated carbocycles. The Labute approximate surface area is 122 Å². The molecule has 0 aliphatic carbocycles. The summed E-state index contributed by atoms with van der Waals surface area (Å²) >= 11 is 0. The van der Waals surface area contributed by atoms with Crippen LogP contribution in [0.4, 0.5) is 4.39 Å². The van der Waals surface area contributed by atoms with Crippen LogP contribution in [-0.4, -0.2) is 36.9 Å². The maximum absolute atomic E-state index is 13.5. The summed E-state index contributed by atoms with van der Waals surface area (Å²) in [4.78, 5) is 24.1. The highest BCUT2D eigenvalue weighted by Crippen LogP contribution is 2.33. The van der Waals surface area contributed by atoms with Crippen molar-refractivity contribution in [1.29, 1.82) is 0 Å². The molecule has 0 saturated heterocycles. The summed E-state index contributed by atoms with van der Waals surface area (Å²) in [6, 6.07) is 4.98. The van der Waals surface area contributed by atoms with Crippen LogP contribution < -0.4 is 0 Å². The van der Waals surface area contributed by atoms with Crippen molar-refractivity contribution in [3.05, 3.63) is 35.6 Å². The number of ether oxygens (including phenoxy) is 2. The van der Waals surface area contributed by atoms with Crippen molar-refractivity contribution in [2.75, 3.05) is 13.7 Å². The molecule has 1 rings (SSSR count). The number of carbonyl (C=O) groups excluding carboxylic acids is 1. The molecule has 116 valence electrons. The first-order valence-electron chi connectivity index (χ1n) is 6.58. The van der Waals surface area contributed by atoms with Gasteiger partial charge >= 0.3 is 11.9 Å². The van der Waals surface area contributed by atoms with Gasteiger partial charge in [-0.1, -0.05) is 12.1 Å². The molecule has 1 aromatic carbocycles. The third-order valence-electron chi connectivity index (χ3n) is 3.30. The molecule has 1 N–H and O–H groups in total. The number of esters is 1. The first-order chi connectivity index (χ1) is 9.88. The summed E-state index contributed by atoms with van der Waals surface area (Å²) < 4.78 is 23.4. The highest BCUT2D eigenvalue weighted by atomic mass is 19.1. The van der Waals surface area contributed by atoms with Crippen LogP contribution in [0.1, 0.15) is 25.8 Å². The van der Waals surface area contributed by atoms with Crippen molar-refractivity contribution in [3.8, 4) is 0 Å². The lowest BCUT2D eigenvalue weighted by atomic mass is 9.76. The number of carboxylic acids is 1. The number of aliphatic carboxylic acids is 1. The van der Waals surface area contributed by atoms with Gasteiger partial charge in [0.25, 0.3) is 0 Å². The number of methoxy groups -OCH3 is 1. The highest BCUT2D eigenvalue weighted by molar-refractivity contribution is 6.05. The third-order valence-corrected chi connectivity index (χ3v) is 3.30. The van der Waals surface area contributed by atoms with Gasteiger partial charge in [-0.05, 0) is 31.5 Å². The molecule has 0 amide bonds. The standard InChI is InChI=1S/C15H19FO5/c1-4-21-14(19)15(13(17)18,9-10(2)20-3)11-6-5-7-12(16)8-11/h5-8,10H,4,9H2,1-3H3,(H,17,18). The lowest BCUT2D eigenvalue weighted by molar-refractivity contribution is -0.163. The van der Waals surface area contributed by atoms with Crippen LogP contribution in [0, 0.1) is 5.82 Å². The summed E-state index contributed by atoms with van der Waals surface area (Å²) in [7, 11) is 1.41. The number of carboxylic acid groups (broad SMARTS) is 1. The number of hydrogen-bond acceptors (Lipinski definition) is 4. The number of halogens is 1. The average Bonchev–Trinajstić information content (AvgIpc) is 2.44. The van der Waals surface area contributed by atoms with Gasteiger partial charge in [-0.15, -0.1) is 0 Å². The van der Waals surface area contributed by atoms with E-state index in [0.29, 0.717) is 0 Å². The van der Waals surface area contributed by atoms with E-state index in [9.17, 15) is 19.1 Å². The summed E-state index contributed by atoms with van der Waals surface area (Å²) in [5, 5.41) is 9.63. The molecule has 0 radical (unpaired) electrons. The Hall–Kier alpha value is -1.95. The van der Waals surface area contributed by atoms with Crippen LogP contribution in [0.5, 0.6) is 0 Å². The molecule has 21 heavy (non-hydrogen) atoms. The van der Waals surface area contributed by atoms with Gasteiger partial charge in [0.15, 0.2) is 5.41 Å². The predicted molar refractivity (Wildman–Crippen MR) is 73.4 cm³/mol. The van der Waals surface area contributed by atoms with Crippen molar-refractivity contribution < 1.29 is 28.6 Å². The van der Waals surface area contributed by atoms with Gasteiger partial charge in [-0.3, -0.25) is 9.59 Å². The lowest BCUT2D eigenvalue weighted by Gasteiger charge is -2.29. The third kappa shape index (κ3) is 3.58.